The average Bonchev–Trinajstić information content (AvgIpc) is 2.60. The highest BCUT2D eigenvalue weighted by Crippen LogP contribution is 2.39. The smallest absolute Gasteiger partial charge is 0.234 e. The molecule has 0 unspecified atom stereocenters. The third-order valence-corrected chi connectivity index (χ3v) is 3.67. The SMILES string of the molecule is CC1(C)C(=O)Nc2ccc(-c3cccc(F)c3)cc21. The number of hydrogen-bond donors (Lipinski definition) is 1. The monoisotopic (exact) mass is 255 g/mol. The van der Waals surface area contributed by atoms with Crippen LogP contribution in [0.25, 0.3) is 11.1 Å². The highest BCUT2D eigenvalue weighted by molar-refractivity contribution is 6.06. The van der Waals surface area contributed by atoms with Crippen molar-refractivity contribution < 1.29 is 9.18 Å². The Labute approximate surface area is 111 Å². The predicted octanol–water partition coefficient (Wildman–Crippen LogP) is 3.72. The zero-order chi connectivity index (χ0) is 13.6. The number of carbonyl (C=O) groups excluding carboxylic acids is 1. The van der Waals surface area contributed by atoms with E-state index >= 15 is 0 Å². The Morgan fingerprint density at radius 2 is 1.79 bits per heavy atom. The summed E-state index contributed by atoms with van der Waals surface area (Å²) in [4.78, 5) is 11.9. The second kappa shape index (κ2) is 3.92. The first-order valence-electron chi connectivity index (χ1n) is 6.20. The van der Waals surface area contributed by atoms with Crippen LogP contribution in [-0.2, 0) is 10.2 Å². The van der Waals surface area contributed by atoms with E-state index in [1.807, 2.05) is 38.1 Å². The summed E-state index contributed by atoms with van der Waals surface area (Å²) >= 11 is 0. The van der Waals surface area contributed by atoms with Gasteiger partial charge in [0, 0.05) is 5.69 Å². The van der Waals surface area contributed by atoms with Crippen LogP contribution in [-0.4, -0.2) is 5.91 Å². The molecule has 0 spiro atoms. The van der Waals surface area contributed by atoms with Gasteiger partial charge in [-0.25, -0.2) is 4.39 Å². The fourth-order valence-electron chi connectivity index (χ4n) is 2.42. The first-order valence-corrected chi connectivity index (χ1v) is 6.20. The molecular weight excluding hydrogens is 241 g/mol. The van der Waals surface area contributed by atoms with Gasteiger partial charge in [-0.2, -0.15) is 0 Å². The molecule has 0 aliphatic carbocycles. The molecule has 1 aliphatic rings. The van der Waals surface area contributed by atoms with Gasteiger partial charge in [0.1, 0.15) is 5.82 Å². The Bertz CT molecular complexity index is 676. The number of nitrogens with one attached hydrogen (secondary N) is 1. The largest absolute Gasteiger partial charge is 0.325 e. The minimum absolute atomic E-state index is 0.00103. The van der Waals surface area contributed by atoms with Gasteiger partial charge in [-0.05, 0) is 54.8 Å². The summed E-state index contributed by atoms with van der Waals surface area (Å²) < 4.78 is 13.3. The van der Waals surface area contributed by atoms with Crippen molar-refractivity contribution in [1.82, 2.24) is 0 Å². The maximum absolute atomic E-state index is 13.3. The van der Waals surface area contributed by atoms with Crippen LogP contribution in [0.3, 0.4) is 0 Å². The van der Waals surface area contributed by atoms with Crippen molar-refractivity contribution in [2.75, 3.05) is 5.32 Å². The second-order valence-corrected chi connectivity index (χ2v) is 5.35. The molecular formula is C16H14FNO. The van der Waals surface area contributed by atoms with Gasteiger partial charge in [0.2, 0.25) is 5.91 Å². The molecule has 1 N–H and O–H groups in total. The van der Waals surface area contributed by atoms with Crippen molar-refractivity contribution in [3.63, 3.8) is 0 Å². The normalized spacial score (nSPS) is 16.1. The summed E-state index contributed by atoms with van der Waals surface area (Å²) in [6, 6.07) is 12.2. The molecule has 2 nitrogen and oxygen atoms in total. The highest BCUT2D eigenvalue weighted by Gasteiger charge is 2.38. The molecule has 0 bridgehead atoms. The molecule has 3 rings (SSSR count). The van der Waals surface area contributed by atoms with Crippen molar-refractivity contribution in [3.05, 3.63) is 53.8 Å². The van der Waals surface area contributed by atoms with Gasteiger partial charge in [-0.15, -0.1) is 0 Å². The van der Waals surface area contributed by atoms with E-state index in [1.54, 1.807) is 6.07 Å². The molecule has 0 fully saturated rings. The van der Waals surface area contributed by atoms with Crippen LogP contribution >= 0.6 is 0 Å². The molecule has 0 saturated heterocycles. The van der Waals surface area contributed by atoms with E-state index in [0.29, 0.717) is 0 Å². The van der Waals surface area contributed by atoms with Crippen molar-refractivity contribution in [2.45, 2.75) is 19.3 Å². The second-order valence-electron chi connectivity index (χ2n) is 5.35. The molecule has 19 heavy (non-hydrogen) atoms. The van der Waals surface area contributed by atoms with Crippen molar-refractivity contribution >= 4 is 11.6 Å². The molecule has 3 heteroatoms. The summed E-state index contributed by atoms with van der Waals surface area (Å²) in [5, 5.41) is 2.86. The quantitative estimate of drug-likeness (QED) is 0.826. The van der Waals surface area contributed by atoms with E-state index < -0.39 is 5.41 Å². The number of carbonyl (C=O) groups is 1. The molecule has 1 amide bonds. The molecule has 2 aromatic rings. The van der Waals surface area contributed by atoms with Gasteiger partial charge in [0.05, 0.1) is 5.41 Å². The Morgan fingerprint density at radius 3 is 2.53 bits per heavy atom. The minimum Gasteiger partial charge on any atom is -0.325 e. The molecule has 1 heterocycles. The number of amides is 1. The van der Waals surface area contributed by atoms with Crippen LogP contribution in [0.4, 0.5) is 10.1 Å². The molecule has 0 atom stereocenters. The van der Waals surface area contributed by atoms with Crippen LogP contribution < -0.4 is 5.32 Å². The van der Waals surface area contributed by atoms with E-state index in [2.05, 4.69) is 5.32 Å². The van der Waals surface area contributed by atoms with Crippen molar-refractivity contribution in [3.8, 4) is 11.1 Å². The molecule has 96 valence electrons. The Balaban J connectivity index is 2.13. The van der Waals surface area contributed by atoms with E-state index in [9.17, 15) is 9.18 Å². The zero-order valence-corrected chi connectivity index (χ0v) is 10.8. The van der Waals surface area contributed by atoms with Crippen LogP contribution in [0, 0.1) is 5.82 Å². The van der Waals surface area contributed by atoms with Crippen LogP contribution in [0.15, 0.2) is 42.5 Å². The topological polar surface area (TPSA) is 29.1 Å². The van der Waals surface area contributed by atoms with Gasteiger partial charge in [0.15, 0.2) is 0 Å². The van der Waals surface area contributed by atoms with Gasteiger partial charge in [-0.1, -0.05) is 18.2 Å². The summed E-state index contributed by atoms with van der Waals surface area (Å²) in [5.41, 5.74) is 2.99. The lowest BCUT2D eigenvalue weighted by Crippen LogP contribution is -2.26. The lowest BCUT2D eigenvalue weighted by atomic mass is 9.85. The Morgan fingerprint density at radius 1 is 1.05 bits per heavy atom. The maximum Gasteiger partial charge on any atom is 0.234 e. The fourth-order valence-corrected chi connectivity index (χ4v) is 2.42. The van der Waals surface area contributed by atoms with Gasteiger partial charge in [0.25, 0.3) is 0 Å². The summed E-state index contributed by atoms with van der Waals surface area (Å²) in [5.74, 6) is -0.259. The first-order chi connectivity index (χ1) is 8.98. The molecule has 0 radical (unpaired) electrons. The van der Waals surface area contributed by atoms with Crippen LogP contribution in [0.1, 0.15) is 19.4 Å². The molecule has 1 aliphatic heterocycles. The van der Waals surface area contributed by atoms with Crippen molar-refractivity contribution in [2.24, 2.45) is 0 Å². The number of hydrogen-bond acceptors (Lipinski definition) is 1. The van der Waals surface area contributed by atoms with E-state index in [1.165, 1.54) is 12.1 Å². The van der Waals surface area contributed by atoms with Crippen LogP contribution in [0.2, 0.25) is 0 Å². The van der Waals surface area contributed by atoms with Gasteiger partial charge in [-0.3, -0.25) is 4.79 Å². The number of benzene rings is 2. The fraction of sp³-hybridized carbons (Fsp3) is 0.188. The summed E-state index contributed by atoms with van der Waals surface area (Å²) in [6.45, 7) is 3.78. The van der Waals surface area contributed by atoms with E-state index in [4.69, 9.17) is 0 Å². The first kappa shape index (κ1) is 11.9. The van der Waals surface area contributed by atoms with Gasteiger partial charge < -0.3 is 5.32 Å². The van der Waals surface area contributed by atoms with E-state index in [-0.39, 0.29) is 11.7 Å². The Kier molecular flexibility index (Phi) is 2.45. The van der Waals surface area contributed by atoms with Crippen LogP contribution in [0.5, 0.6) is 0 Å². The number of fused-ring (bicyclic) bond motifs is 1. The summed E-state index contributed by atoms with van der Waals surface area (Å²) in [7, 11) is 0. The maximum atomic E-state index is 13.3. The standard InChI is InChI=1S/C16H14FNO/c1-16(2)13-9-11(6-7-14(13)18-15(16)19)10-4-3-5-12(17)8-10/h3-9H,1-2H3,(H,18,19). The third-order valence-electron chi connectivity index (χ3n) is 3.67. The van der Waals surface area contributed by atoms with E-state index in [0.717, 1.165) is 22.4 Å². The molecule has 2 aromatic carbocycles. The van der Waals surface area contributed by atoms with Gasteiger partial charge >= 0.3 is 0 Å². The summed E-state index contributed by atoms with van der Waals surface area (Å²) in [6.07, 6.45) is 0. The third kappa shape index (κ3) is 1.82. The Hall–Kier alpha value is -2.16. The number of rotatable bonds is 1. The lowest BCUT2D eigenvalue weighted by molar-refractivity contribution is -0.119. The highest BCUT2D eigenvalue weighted by atomic mass is 19.1. The molecule has 0 aromatic heterocycles. The zero-order valence-electron chi connectivity index (χ0n) is 10.8. The number of anilines is 1. The lowest BCUT2D eigenvalue weighted by Gasteiger charge is -2.15. The molecule has 0 saturated carbocycles. The number of halogens is 1. The van der Waals surface area contributed by atoms with Crippen molar-refractivity contribution in [1.29, 1.82) is 0 Å². The minimum atomic E-state index is -0.543. The average molecular weight is 255 g/mol. The predicted molar refractivity (Wildman–Crippen MR) is 73.5 cm³/mol.